The van der Waals surface area contributed by atoms with E-state index in [1.165, 1.54) is 0 Å². The Balaban J connectivity index is 2.28. The normalized spacial score (nSPS) is 11.7. The zero-order chi connectivity index (χ0) is 15.4. The maximum absolute atomic E-state index is 12.3. The lowest BCUT2D eigenvalue weighted by Gasteiger charge is -2.18. The fourth-order valence-corrected chi connectivity index (χ4v) is 2.43. The number of rotatable bonds is 4. The predicted octanol–water partition coefficient (Wildman–Crippen LogP) is 3.75. The van der Waals surface area contributed by atoms with E-state index in [9.17, 15) is 4.79 Å². The number of halogens is 2. The van der Waals surface area contributed by atoms with Gasteiger partial charge in [0.2, 0.25) is 0 Å². The van der Waals surface area contributed by atoms with Gasteiger partial charge in [-0.1, -0.05) is 71.8 Å². The van der Waals surface area contributed by atoms with Crippen molar-refractivity contribution in [3.8, 4) is 0 Å². The van der Waals surface area contributed by atoms with Crippen molar-refractivity contribution < 1.29 is 4.79 Å². The Morgan fingerprint density at radius 2 is 1.76 bits per heavy atom. The molecule has 0 bridgehead atoms. The predicted molar refractivity (Wildman–Crippen MR) is 89.9 cm³/mol. The van der Waals surface area contributed by atoms with E-state index in [0.717, 1.165) is 5.56 Å². The first-order chi connectivity index (χ1) is 10.0. The number of carbonyl (C=O) groups excluding carboxylic acids is 1. The molecule has 21 heavy (non-hydrogen) atoms. The van der Waals surface area contributed by atoms with Crippen molar-refractivity contribution in [2.45, 2.75) is 6.04 Å². The van der Waals surface area contributed by atoms with Gasteiger partial charge >= 0.3 is 0 Å². The Hall–Kier alpha value is -1.62. The lowest BCUT2D eigenvalue weighted by molar-refractivity contribution is 0.0947. The van der Waals surface area contributed by atoms with Crippen molar-refractivity contribution in [3.63, 3.8) is 0 Å². The van der Waals surface area contributed by atoms with E-state index < -0.39 is 6.04 Å². The maximum Gasteiger partial charge on any atom is 0.253 e. The number of thiocarbonyl (C=S) groups is 1. The molecule has 3 nitrogen and oxygen atoms in total. The summed E-state index contributed by atoms with van der Waals surface area (Å²) in [5, 5.41) is 3.28. The van der Waals surface area contributed by atoms with Crippen molar-refractivity contribution in [2.75, 3.05) is 0 Å². The van der Waals surface area contributed by atoms with Crippen LogP contribution in [0.3, 0.4) is 0 Å². The highest BCUT2D eigenvalue weighted by atomic mass is 35.5. The molecule has 0 aromatic heterocycles. The Morgan fingerprint density at radius 1 is 1.10 bits per heavy atom. The Bertz CT molecular complexity index is 677. The molecule has 0 fully saturated rings. The average molecular weight is 339 g/mol. The third-order valence-corrected chi connectivity index (χ3v) is 3.94. The van der Waals surface area contributed by atoms with Gasteiger partial charge in [-0.05, 0) is 17.7 Å². The lowest BCUT2D eigenvalue weighted by Crippen LogP contribution is -2.36. The lowest BCUT2D eigenvalue weighted by atomic mass is 10.1. The molecule has 3 N–H and O–H groups in total. The summed E-state index contributed by atoms with van der Waals surface area (Å²) < 4.78 is 0. The van der Waals surface area contributed by atoms with Gasteiger partial charge in [-0.3, -0.25) is 4.79 Å². The molecule has 1 unspecified atom stereocenters. The standard InChI is InChI=1S/C15H12Cl2N2OS/c16-11-8-4-7-10(12(11)17)15(20)19-13(14(18)21)9-5-2-1-3-6-9/h1-8,13H,(H2,18,21)(H,19,20). The van der Waals surface area contributed by atoms with Crippen LogP contribution in [0.1, 0.15) is 22.0 Å². The third kappa shape index (κ3) is 3.73. The fourth-order valence-electron chi connectivity index (χ4n) is 1.85. The van der Waals surface area contributed by atoms with Gasteiger partial charge in [-0.2, -0.15) is 0 Å². The third-order valence-electron chi connectivity index (χ3n) is 2.89. The maximum atomic E-state index is 12.3. The summed E-state index contributed by atoms with van der Waals surface area (Å²) in [6, 6.07) is 13.5. The van der Waals surface area contributed by atoms with E-state index in [1.54, 1.807) is 18.2 Å². The molecule has 1 amide bonds. The second kappa shape index (κ2) is 6.89. The first-order valence-electron chi connectivity index (χ1n) is 6.10. The number of amides is 1. The van der Waals surface area contributed by atoms with Gasteiger partial charge in [-0.25, -0.2) is 0 Å². The van der Waals surface area contributed by atoms with Gasteiger partial charge in [0.15, 0.2) is 0 Å². The molecule has 108 valence electrons. The van der Waals surface area contributed by atoms with E-state index in [2.05, 4.69) is 5.32 Å². The van der Waals surface area contributed by atoms with E-state index in [1.807, 2.05) is 30.3 Å². The first kappa shape index (κ1) is 15.8. The Kier molecular flexibility index (Phi) is 5.17. The first-order valence-corrected chi connectivity index (χ1v) is 7.26. The van der Waals surface area contributed by atoms with Crippen molar-refractivity contribution in [2.24, 2.45) is 5.73 Å². The molecule has 6 heteroatoms. The summed E-state index contributed by atoms with van der Waals surface area (Å²) in [6.45, 7) is 0. The van der Waals surface area contributed by atoms with E-state index in [4.69, 9.17) is 41.2 Å². The van der Waals surface area contributed by atoms with Crippen molar-refractivity contribution in [1.82, 2.24) is 5.32 Å². The number of nitrogens with one attached hydrogen (secondary N) is 1. The molecule has 2 aromatic rings. The van der Waals surface area contributed by atoms with E-state index in [0.29, 0.717) is 5.02 Å². The van der Waals surface area contributed by atoms with Gasteiger partial charge in [0.1, 0.15) is 11.0 Å². The number of hydrogen-bond acceptors (Lipinski definition) is 2. The van der Waals surface area contributed by atoms with Gasteiger partial charge in [-0.15, -0.1) is 0 Å². The topological polar surface area (TPSA) is 55.1 Å². The van der Waals surface area contributed by atoms with Crippen LogP contribution in [-0.4, -0.2) is 10.9 Å². The van der Waals surface area contributed by atoms with Crippen LogP contribution in [0.4, 0.5) is 0 Å². The largest absolute Gasteiger partial charge is 0.391 e. The van der Waals surface area contributed by atoms with E-state index in [-0.39, 0.29) is 21.5 Å². The van der Waals surface area contributed by atoms with Gasteiger partial charge < -0.3 is 11.1 Å². The van der Waals surface area contributed by atoms with Crippen LogP contribution in [0.2, 0.25) is 10.0 Å². The molecule has 0 aliphatic heterocycles. The summed E-state index contributed by atoms with van der Waals surface area (Å²) in [7, 11) is 0. The van der Waals surface area contributed by atoms with Gasteiger partial charge in [0, 0.05) is 0 Å². The van der Waals surface area contributed by atoms with Crippen LogP contribution >= 0.6 is 35.4 Å². The summed E-state index contributed by atoms with van der Waals surface area (Å²) in [4.78, 5) is 12.5. The van der Waals surface area contributed by atoms with Crippen LogP contribution in [0.15, 0.2) is 48.5 Å². The van der Waals surface area contributed by atoms with Crippen molar-refractivity contribution >= 4 is 46.3 Å². The molecule has 2 rings (SSSR count). The molecular weight excluding hydrogens is 327 g/mol. The van der Waals surface area contributed by atoms with Crippen LogP contribution in [0.5, 0.6) is 0 Å². The van der Waals surface area contributed by atoms with Gasteiger partial charge in [0.05, 0.1) is 15.6 Å². The minimum absolute atomic E-state index is 0.174. The van der Waals surface area contributed by atoms with Crippen molar-refractivity contribution in [3.05, 3.63) is 69.7 Å². The number of nitrogens with two attached hydrogens (primary N) is 1. The molecule has 0 heterocycles. The molecule has 2 aromatic carbocycles. The second-order valence-electron chi connectivity index (χ2n) is 4.32. The quantitative estimate of drug-likeness (QED) is 0.834. The van der Waals surface area contributed by atoms with Crippen molar-refractivity contribution in [1.29, 1.82) is 0 Å². The Morgan fingerprint density at radius 3 is 2.38 bits per heavy atom. The van der Waals surface area contributed by atoms with Crippen LogP contribution in [0, 0.1) is 0 Å². The fraction of sp³-hybridized carbons (Fsp3) is 0.0667. The van der Waals surface area contributed by atoms with Gasteiger partial charge in [0.25, 0.3) is 5.91 Å². The highest BCUT2D eigenvalue weighted by molar-refractivity contribution is 7.80. The smallest absolute Gasteiger partial charge is 0.253 e. The highest BCUT2D eigenvalue weighted by Gasteiger charge is 2.20. The zero-order valence-electron chi connectivity index (χ0n) is 10.8. The zero-order valence-corrected chi connectivity index (χ0v) is 13.2. The summed E-state index contributed by atoms with van der Waals surface area (Å²) >= 11 is 17.0. The van der Waals surface area contributed by atoms with E-state index >= 15 is 0 Å². The molecule has 0 saturated heterocycles. The molecule has 1 atom stereocenters. The molecule has 0 aliphatic rings. The van der Waals surface area contributed by atoms with Crippen LogP contribution in [0.25, 0.3) is 0 Å². The average Bonchev–Trinajstić information content (AvgIpc) is 2.48. The van der Waals surface area contributed by atoms with Crippen LogP contribution < -0.4 is 11.1 Å². The minimum Gasteiger partial charge on any atom is -0.391 e. The Labute approximate surface area is 138 Å². The SMILES string of the molecule is NC(=S)C(NC(=O)c1cccc(Cl)c1Cl)c1ccccc1. The summed E-state index contributed by atoms with van der Waals surface area (Å²) in [6.07, 6.45) is 0. The number of benzene rings is 2. The van der Waals surface area contributed by atoms with Crippen LogP contribution in [-0.2, 0) is 0 Å². The molecule has 0 saturated carbocycles. The molecule has 0 radical (unpaired) electrons. The minimum atomic E-state index is -0.566. The highest BCUT2D eigenvalue weighted by Crippen LogP contribution is 2.26. The molecular formula is C15H12Cl2N2OS. The summed E-state index contributed by atoms with van der Waals surface area (Å²) in [5.41, 5.74) is 6.80. The number of carbonyl (C=O) groups is 1. The molecule has 0 spiro atoms. The number of hydrogen-bond donors (Lipinski definition) is 2. The molecule has 0 aliphatic carbocycles. The second-order valence-corrected chi connectivity index (χ2v) is 5.58. The summed E-state index contributed by atoms with van der Waals surface area (Å²) in [5.74, 6) is -0.385. The monoisotopic (exact) mass is 338 g/mol.